The molecule has 142 valence electrons. The average molecular weight is 402 g/mol. The van der Waals surface area contributed by atoms with E-state index in [1.54, 1.807) is 0 Å². The van der Waals surface area contributed by atoms with E-state index < -0.39 is 51.9 Å². The van der Waals surface area contributed by atoms with Crippen LogP contribution < -0.4 is 11.2 Å². The molecule has 0 radical (unpaired) electrons. The quantitative estimate of drug-likeness (QED) is 0.355. The molecule has 1 fully saturated rings. The van der Waals surface area contributed by atoms with Crippen LogP contribution in [0, 0.1) is 6.92 Å². The number of ether oxygens (including phenoxy) is 1. The summed E-state index contributed by atoms with van der Waals surface area (Å²) in [5, 5.41) is 9.91. The SMILES string of the molecule is Cc1cn([C@H]2CC(O)[C@@H](COP(=O)(O)OP(=O)(O)O)O2)c(=O)[nH]c1=O. The lowest BCUT2D eigenvalue weighted by molar-refractivity contribution is -0.0450. The van der Waals surface area contributed by atoms with E-state index in [1.165, 1.54) is 13.1 Å². The molecule has 1 aromatic rings. The number of aromatic nitrogens is 2. The number of aryl methyl sites for hydroxylation is 1. The summed E-state index contributed by atoms with van der Waals surface area (Å²) in [4.78, 5) is 51.4. The predicted octanol–water partition coefficient (Wildman–Crippen LogP) is -1.28. The standard InChI is InChI=1S/C10H16N2O11P2/c1-5-3-12(10(15)11-9(5)14)8-2-6(13)7(22-8)4-21-25(19,20)23-24(16,17)18/h3,6-8,13H,2,4H2,1H3,(H,19,20)(H,11,14,15)(H2,16,17,18)/t6?,7-,8-/m1/s1. The highest BCUT2D eigenvalue weighted by Gasteiger charge is 2.39. The molecule has 5 N–H and O–H groups in total. The fourth-order valence-corrected chi connectivity index (χ4v) is 3.76. The Balaban J connectivity index is 2.06. The highest BCUT2D eigenvalue weighted by molar-refractivity contribution is 7.60. The van der Waals surface area contributed by atoms with Gasteiger partial charge in [-0.25, -0.2) is 13.9 Å². The number of nitrogens with one attached hydrogen (secondary N) is 1. The number of phosphoric ester groups is 1. The summed E-state index contributed by atoms with van der Waals surface area (Å²) >= 11 is 0. The summed E-state index contributed by atoms with van der Waals surface area (Å²) in [5.41, 5.74) is -1.12. The van der Waals surface area contributed by atoms with E-state index in [1.807, 2.05) is 0 Å². The van der Waals surface area contributed by atoms with Crippen LogP contribution in [-0.4, -0.2) is 48.2 Å². The van der Waals surface area contributed by atoms with Crippen LogP contribution >= 0.6 is 15.6 Å². The third-order valence-electron chi connectivity index (χ3n) is 3.27. The Morgan fingerprint density at radius 2 is 2.00 bits per heavy atom. The van der Waals surface area contributed by atoms with Gasteiger partial charge >= 0.3 is 21.3 Å². The van der Waals surface area contributed by atoms with Gasteiger partial charge in [0.25, 0.3) is 5.56 Å². The van der Waals surface area contributed by atoms with Gasteiger partial charge in [0.2, 0.25) is 0 Å². The smallest absolute Gasteiger partial charge is 0.390 e. The third-order valence-corrected chi connectivity index (χ3v) is 5.42. The summed E-state index contributed by atoms with van der Waals surface area (Å²) < 4.78 is 36.3. The molecular weight excluding hydrogens is 386 g/mol. The van der Waals surface area contributed by atoms with Gasteiger partial charge in [0, 0.05) is 18.2 Å². The molecule has 1 saturated heterocycles. The van der Waals surface area contributed by atoms with Gasteiger partial charge in [-0.1, -0.05) is 0 Å². The predicted molar refractivity (Wildman–Crippen MR) is 79.5 cm³/mol. The minimum atomic E-state index is -5.26. The molecule has 1 aliphatic heterocycles. The van der Waals surface area contributed by atoms with Gasteiger partial charge in [0.1, 0.15) is 12.3 Å². The molecule has 1 aliphatic rings. The van der Waals surface area contributed by atoms with Crippen molar-refractivity contribution < 1.29 is 42.5 Å². The first-order valence-electron chi connectivity index (χ1n) is 6.78. The topological polar surface area (TPSA) is 198 Å². The summed E-state index contributed by atoms with van der Waals surface area (Å²) in [6, 6.07) is 0. The normalized spacial score (nSPS) is 26.5. The molecule has 25 heavy (non-hydrogen) atoms. The lowest BCUT2D eigenvalue weighted by atomic mass is 10.2. The Hall–Kier alpha value is -1.14. The maximum atomic E-state index is 11.8. The van der Waals surface area contributed by atoms with E-state index >= 15 is 0 Å². The van der Waals surface area contributed by atoms with E-state index in [-0.39, 0.29) is 12.0 Å². The first kappa shape index (κ1) is 20.2. The molecule has 2 rings (SSSR count). The van der Waals surface area contributed by atoms with Gasteiger partial charge in [0.05, 0.1) is 12.7 Å². The molecule has 13 nitrogen and oxygen atoms in total. The van der Waals surface area contributed by atoms with Crippen LogP contribution in [0.3, 0.4) is 0 Å². The van der Waals surface area contributed by atoms with E-state index in [0.29, 0.717) is 0 Å². The highest BCUT2D eigenvalue weighted by atomic mass is 31.3. The number of phosphoric acid groups is 2. The third kappa shape index (κ3) is 5.42. The fourth-order valence-electron chi connectivity index (χ4n) is 2.16. The van der Waals surface area contributed by atoms with Crippen LogP contribution in [0.25, 0.3) is 0 Å². The molecule has 15 heteroatoms. The van der Waals surface area contributed by atoms with Crippen molar-refractivity contribution in [3.8, 4) is 0 Å². The van der Waals surface area contributed by atoms with Crippen LogP contribution in [0.4, 0.5) is 0 Å². The van der Waals surface area contributed by atoms with Crippen LogP contribution in [0.5, 0.6) is 0 Å². The summed E-state index contributed by atoms with van der Waals surface area (Å²) in [5.74, 6) is 0. The van der Waals surface area contributed by atoms with Crippen LogP contribution in [-0.2, 0) is 22.7 Å². The second-order valence-corrected chi connectivity index (χ2v) is 8.08. The van der Waals surface area contributed by atoms with Crippen LogP contribution in [0.2, 0.25) is 0 Å². The first-order valence-corrected chi connectivity index (χ1v) is 9.80. The Morgan fingerprint density at radius 1 is 1.36 bits per heavy atom. The largest absolute Gasteiger partial charge is 0.481 e. The number of H-pyrrole nitrogens is 1. The first-order chi connectivity index (χ1) is 11.4. The molecule has 0 aliphatic carbocycles. The Morgan fingerprint density at radius 3 is 2.60 bits per heavy atom. The second kappa shape index (κ2) is 7.23. The summed E-state index contributed by atoms with van der Waals surface area (Å²) in [7, 11) is -10.3. The number of hydrogen-bond acceptors (Lipinski definition) is 8. The van der Waals surface area contributed by atoms with Gasteiger partial charge in [-0.2, -0.15) is 4.31 Å². The molecule has 0 bridgehead atoms. The second-order valence-electron chi connectivity index (χ2n) is 5.25. The monoisotopic (exact) mass is 402 g/mol. The zero-order valence-corrected chi connectivity index (χ0v) is 14.5. The average Bonchev–Trinajstić information content (AvgIpc) is 2.79. The van der Waals surface area contributed by atoms with Crippen LogP contribution in [0.1, 0.15) is 18.2 Å². The minimum absolute atomic E-state index is 0.0888. The van der Waals surface area contributed by atoms with Gasteiger partial charge in [-0.15, -0.1) is 0 Å². The molecule has 2 heterocycles. The summed E-state index contributed by atoms with van der Waals surface area (Å²) in [6.45, 7) is 0.727. The number of rotatable bonds is 6. The van der Waals surface area contributed by atoms with Crippen molar-refractivity contribution in [3.05, 3.63) is 32.6 Å². The van der Waals surface area contributed by atoms with Crippen molar-refractivity contribution in [3.63, 3.8) is 0 Å². The lowest BCUT2D eigenvalue weighted by Gasteiger charge is -2.18. The maximum absolute atomic E-state index is 11.8. The zero-order valence-electron chi connectivity index (χ0n) is 12.7. The number of hydrogen-bond donors (Lipinski definition) is 5. The maximum Gasteiger partial charge on any atom is 0.481 e. The van der Waals surface area contributed by atoms with Crippen molar-refractivity contribution in [2.24, 2.45) is 0 Å². The Kier molecular flexibility index (Phi) is 5.84. The highest BCUT2D eigenvalue weighted by Crippen LogP contribution is 2.57. The Labute approximate surface area is 139 Å². The molecule has 0 amide bonds. The van der Waals surface area contributed by atoms with Gasteiger partial charge < -0.3 is 24.5 Å². The molecular formula is C10H16N2O11P2. The van der Waals surface area contributed by atoms with Gasteiger partial charge in [-0.05, 0) is 6.92 Å². The van der Waals surface area contributed by atoms with E-state index in [0.717, 1.165) is 4.57 Å². The van der Waals surface area contributed by atoms with Crippen molar-refractivity contribution >= 4 is 15.6 Å². The van der Waals surface area contributed by atoms with E-state index in [4.69, 9.17) is 14.5 Å². The lowest BCUT2D eigenvalue weighted by Crippen LogP contribution is -2.33. The van der Waals surface area contributed by atoms with Crippen molar-refractivity contribution in [1.82, 2.24) is 9.55 Å². The number of nitrogens with zero attached hydrogens (tertiary/aromatic N) is 1. The number of aliphatic hydroxyl groups excluding tert-OH is 1. The Bertz CT molecular complexity index is 842. The molecule has 0 aromatic carbocycles. The van der Waals surface area contributed by atoms with Crippen molar-refractivity contribution in [2.45, 2.75) is 31.8 Å². The molecule has 2 unspecified atom stereocenters. The number of aliphatic hydroxyl groups is 1. The van der Waals surface area contributed by atoms with Crippen LogP contribution in [0.15, 0.2) is 15.8 Å². The zero-order chi connectivity index (χ0) is 19.0. The van der Waals surface area contributed by atoms with E-state index in [2.05, 4.69) is 13.8 Å². The summed E-state index contributed by atoms with van der Waals surface area (Å²) in [6.07, 6.45) is -2.22. The fraction of sp³-hybridized carbons (Fsp3) is 0.600. The van der Waals surface area contributed by atoms with Crippen molar-refractivity contribution in [2.75, 3.05) is 6.61 Å². The molecule has 0 spiro atoms. The van der Waals surface area contributed by atoms with E-state index in [9.17, 15) is 28.7 Å². The number of aromatic amines is 1. The molecule has 0 saturated carbocycles. The van der Waals surface area contributed by atoms with Crippen molar-refractivity contribution in [1.29, 1.82) is 0 Å². The minimum Gasteiger partial charge on any atom is -0.390 e. The molecule has 1 aromatic heterocycles. The molecule has 4 atom stereocenters. The van der Waals surface area contributed by atoms with Gasteiger partial charge in [0.15, 0.2) is 0 Å². The van der Waals surface area contributed by atoms with Gasteiger partial charge in [-0.3, -0.25) is 18.9 Å².